The molecule has 1 heterocycles. The van der Waals surface area contributed by atoms with Crippen molar-refractivity contribution in [1.82, 2.24) is 10.2 Å². The number of nitrogens with zero attached hydrogens (tertiary/aromatic N) is 1. The predicted octanol–water partition coefficient (Wildman–Crippen LogP) is 4.29. The molecule has 3 rings (SSSR count). The maximum atomic E-state index is 12.1. The average Bonchev–Trinajstić information content (AvgIpc) is 2.62. The van der Waals surface area contributed by atoms with E-state index < -0.39 is 0 Å². The molecule has 2 aromatic carbocycles. The fraction of sp³-hybridized carbons (Fsp3) is 0.381. The quantitative estimate of drug-likeness (QED) is 0.783. The van der Waals surface area contributed by atoms with Crippen molar-refractivity contribution < 1.29 is 4.79 Å². The van der Waals surface area contributed by atoms with Gasteiger partial charge < -0.3 is 5.32 Å². The van der Waals surface area contributed by atoms with Gasteiger partial charge in [0.1, 0.15) is 0 Å². The summed E-state index contributed by atoms with van der Waals surface area (Å²) < 4.78 is 1.00. The highest BCUT2D eigenvalue weighted by Gasteiger charge is 2.10. The van der Waals surface area contributed by atoms with Crippen molar-refractivity contribution in [3.05, 3.63) is 69.7 Å². The molecule has 0 aliphatic carbocycles. The van der Waals surface area contributed by atoms with Crippen LogP contribution in [0.1, 0.15) is 36.0 Å². The zero-order valence-corrected chi connectivity index (χ0v) is 16.1. The lowest BCUT2D eigenvalue weighted by molar-refractivity contribution is -0.120. The third-order valence-corrected chi connectivity index (χ3v) is 5.11. The summed E-state index contributed by atoms with van der Waals surface area (Å²) in [6, 6.07) is 16.5. The third kappa shape index (κ3) is 5.98. The summed E-state index contributed by atoms with van der Waals surface area (Å²) in [6.45, 7) is 4.05. The first-order valence-electron chi connectivity index (χ1n) is 9.00. The molecule has 0 bridgehead atoms. The Bertz CT molecular complexity index is 693. The molecule has 1 fully saturated rings. The van der Waals surface area contributed by atoms with Gasteiger partial charge in [-0.3, -0.25) is 9.69 Å². The number of carbonyl (C=O) groups excluding carboxylic acids is 1. The van der Waals surface area contributed by atoms with Crippen molar-refractivity contribution in [1.29, 1.82) is 0 Å². The van der Waals surface area contributed by atoms with E-state index in [9.17, 15) is 4.79 Å². The standard InChI is InChI=1S/C21H25BrN2O/c22-20-6-4-5-19(13-20)14-21(25)23-15-17-7-9-18(10-8-17)16-24-11-2-1-3-12-24/h4-10,13H,1-3,11-12,14-16H2,(H,23,25). The number of hydrogen-bond donors (Lipinski definition) is 1. The Morgan fingerprint density at radius 1 is 0.960 bits per heavy atom. The highest BCUT2D eigenvalue weighted by Crippen LogP contribution is 2.14. The van der Waals surface area contributed by atoms with Gasteiger partial charge in [0, 0.05) is 17.6 Å². The monoisotopic (exact) mass is 400 g/mol. The molecule has 1 N–H and O–H groups in total. The number of amides is 1. The van der Waals surface area contributed by atoms with E-state index in [1.54, 1.807) is 0 Å². The van der Waals surface area contributed by atoms with E-state index in [1.807, 2.05) is 24.3 Å². The van der Waals surface area contributed by atoms with E-state index in [0.717, 1.165) is 22.1 Å². The van der Waals surface area contributed by atoms with Gasteiger partial charge in [0.25, 0.3) is 0 Å². The van der Waals surface area contributed by atoms with Gasteiger partial charge in [-0.05, 0) is 54.8 Å². The molecule has 0 spiro atoms. The van der Waals surface area contributed by atoms with Gasteiger partial charge in [0.2, 0.25) is 5.91 Å². The number of piperidine rings is 1. The molecule has 1 saturated heterocycles. The molecule has 25 heavy (non-hydrogen) atoms. The van der Waals surface area contributed by atoms with Gasteiger partial charge in [-0.25, -0.2) is 0 Å². The summed E-state index contributed by atoms with van der Waals surface area (Å²) in [7, 11) is 0. The fourth-order valence-electron chi connectivity index (χ4n) is 3.23. The lowest BCUT2D eigenvalue weighted by Gasteiger charge is -2.26. The molecule has 2 aromatic rings. The largest absolute Gasteiger partial charge is 0.352 e. The van der Waals surface area contributed by atoms with Crippen molar-refractivity contribution in [3.8, 4) is 0 Å². The number of rotatable bonds is 6. The molecule has 0 aromatic heterocycles. The Morgan fingerprint density at radius 2 is 1.68 bits per heavy atom. The number of likely N-dealkylation sites (tertiary alicyclic amines) is 1. The lowest BCUT2D eigenvalue weighted by atomic mass is 10.1. The van der Waals surface area contributed by atoms with Crippen LogP contribution in [0.4, 0.5) is 0 Å². The normalized spacial score (nSPS) is 15.1. The van der Waals surface area contributed by atoms with Crippen molar-refractivity contribution in [2.45, 2.75) is 38.8 Å². The fourth-order valence-corrected chi connectivity index (χ4v) is 3.68. The van der Waals surface area contributed by atoms with Crippen LogP contribution < -0.4 is 5.32 Å². The van der Waals surface area contributed by atoms with Crippen molar-refractivity contribution >= 4 is 21.8 Å². The molecule has 0 unspecified atom stereocenters. The van der Waals surface area contributed by atoms with E-state index in [4.69, 9.17) is 0 Å². The Hall–Kier alpha value is -1.65. The summed E-state index contributed by atoms with van der Waals surface area (Å²) in [4.78, 5) is 14.6. The Balaban J connectivity index is 1.45. The Labute approximate surface area is 158 Å². The van der Waals surface area contributed by atoms with E-state index in [2.05, 4.69) is 50.4 Å². The first-order chi connectivity index (χ1) is 12.2. The molecular formula is C21H25BrN2O. The van der Waals surface area contributed by atoms with Crippen LogP contribution in [-0.2, 0) is 24.3 Å². The SMILES string of the molecule is O=C(Cc1cccc(Br)c1)NCc1ccc(CN2CCCCC2)cc1. The molecule has 4 heteroatoms. The highest BCUT2D eigenvalue weighted by molar-refractivity contribution is 9.10. The number of hydrogen-bond acceptors (Lipinski definition) is 2. The van der Waals surface area contributed by atoms with Crippen LogP contribution in [0.2, 0.25) is 0 Å². The lowest BCUT2D eigenvalue weighted by Crippen LogP contribution is -2.29. The van der Waals surface area contributed by atoms with Gasteiger partial charge in [0.05, 0.1) is 6.42 Å². The topological polar surface area (TPSA) is 32.3 Å². The second kappa shape index (κ2) is 9.16. The molecule has 0 radical (unpaired) electrons. The van der Waals surface area contributed by atoms with Crippen LogP contribution >= 0.6 is 15.9 Å². The van der Waals surface area contributed by atoms with Crippen molar-refractivity contribution in [2.75, 3.05) is 13.1 Å². The van der Waals surface area contributed by atoms with Crippen LogP contribution in [0.25, 0.3) is 0 Å². The molecule has 1 amide bonds. The van der Waals surface area contributed by atoms with Crippen LogP contribution in [-0.4, -0.2) is 23.9 Å². The van der Waals surface area contributed by atoms with E-state index >= 15 is 0 Å². The van der Waals surface area contributed by atoms with Crippen LogP contribution in [0.5, 0.6) is 0 Å². The first kappa shape index (κ1) is 18.2. The average molecular weight is 401 g/mol. The molecule has 132 valence electrons. The Kier molecular flexibility index (Phi) is 6.65. The van der Waals surface area contributed by atoms with Gasteiger partial charge in [-0.15, -0.1) is 0 Å². The molecule has 1 aliphatic heterocycles. The van der Waals surface area contributed by atoms with Gasteiger partial charge in [0.15, 0.2) is 0 Å². The van der Waals surface area contributed by atoms with Gasteiger partial charge in [-0.1, -0.05) is 58.7 Å². The molecule has 0 saturated carbocycles. The molecule has 0 atom stereocenters. The number of carbonyl (C=O) groups is 1. The van der Waals surface area contributed by atoms with E-state index in [-0.39, 0.29) is 5.91 Å². The summed E-state index contributed by atoms with van der Waals surface area (Å²) in [6.07, 6.45) is 4.42. The zero-order chi connectivity index (χ0) is 17.5. The molecule has 3 nitrogen and oxygen atoms in total. The second-order valence-electron chi connectivity index (χ2n) is 6.74. The molecular weight excluding hydrogens is 376 g/mol. The summed E-state index contributed by atoms with van der Waals surface area (Å²) in [5.41, 5.74) is 3.51. The van der Waals surface area contributed by atoms with E-state index in [0.29, 0.717) is 13.0 Å². The minimum atomic E-state index is 0.0514. The second-order valence-corrected chi connectivity index (χ2v) is 7.65. The summed E-state index contributed by atoms with van der Waals surface area (Å²) in [5.74, 6) is 0.0514. The van der Waals surface area contributed by atoms with Gasteiger partial charge >= 0.3 is 0 Å². The zero-order valence-electron chi connectivity index (χ0n) is 14.5. The Morgan fingerprint density at radius 3 is 2.40 bits per heavy atom. The number of nitrogens with one attached hydrogen (secondary N) is 1. The van der Waals surface area contributed by atoms with Crippen LogP contribution in [0.3, 0.4) is 0 Å². The number of benzene rings is 2. The van der Waals surface area contributed by atoms with Gasteiger partial charge in [-0.2, -0.15) is 0 Å². The summed E-state index contributed by atoms with van der Waals surface area (Å²) in [5, 5.41) is 3.00. The van der Waals surface area contributed by atoms with Crippen molar-refractivity contribution in [2.24, 2.45) is 0 Å². The highest BCUT2D eigenvalue weighted by atomic mass is 79.9. The predicted molar refractivity (Wildman–Crippen MR) is 105 cm³/mol. The first-order valence-corrected chi connectivity index (χ1v) is 9.80. The van der Waals surface area contributed by atoms with Crippen LogP contribution in [0.15, 0.2) is 53.0 Å². The van der Waals surface area contributed by atoms with Crippen LogP contribution in [0, 0.1) is 0 Å². The minimum Gasteiger partial charge on any atom is -0.352 e. The van der Waals surface area contributed by atoms with Crippen molar-refractivity contribution in [3.63, 3.8) is 0 Å². The molecule has 1 aliphatic rings. The van der Waals surface area contributed by atoms with E-state index in [1.165, 1.54) is 37.9 Å². The summed E-state index contributed by atoms with van der Waals surface area (Å²) >= 11 is 3.43. The number of halogens is 1. The maximum Gasteiger partial charge on any atom is 0.224 e. The smallest absolute Gasteiger partial charge is 0.224 e. The minimum absolute atomic E-state index is 0.0514. The third-order valence-electron chi connectivity index (χ3n) is 4.62. The maximum absolute atomic E-state index is 12.1.